The van der Waals surface area contributed by atoms with Gasteiger partial charge in [-0.2, -0.15) is 4.39 Å². The Bertz CT molecular complexity index is 45.6. The van der Waals surface area contributed by atoms with Crippen LogP contribution in [0.3, 0.4) is 0 Å². The van der Waals surface area contributed by atoms with Crippen molar-refractivity contribution in [2.24, 2.45) is 0 Å². The molecule has 0 aliphatic heterocycles. The maximum Gasteiger partial charge on any atom is 0.352 e. The Kier molecular flexibility index (Phi) is 1.49. The van der Waals surface area contributed by atoms with Crippen molar-refractivity contribution in [3.63, 3.8) is 0 Å². The van der Waals surface area contributed by atoms with E-state index < -0.39 is 12.3 Å². The summed E-state index contributed by atoms with van der Waals surface area (Å²) < 4.78 is 20.6. The summed E-state index contributed by atoms with van der Waals surface area (Å²) in [4.78, 5) is 0. The van der Waals surface area contributed by atoms with Gasteiger partial charge in [0.15, 0.2) is 6.33 Å². The average Bonchev–Trinajstić information content (AvgIpc) is 1.38. The third kappa shape index (κ3) is 3.40. The summed E-state index contributed by atoms with van der Waals surface area (Å²) in [7, 11) is 0. The van der Waals surface area contributed by atoms with Crippen LogP contribution < -0.4 is 0 Å². The van der Waals surface area contributed by atoms with Crippen molar-refractivity contribution in [1.82, 2.24) is 0 Å². The van der Waals surface area contributed by atoms with E-state index in [-0.39, 0.29) is 0 Å². The SMILES string of the molecule is [O]/C(F)=C\F. The maximum absolute atomic E-state index is 10.4. The largest absolute Gasteiger partial charge is 0.352 e. The maximum atomic E-state index is 10.4. The van der Waals surface area contributed by atoms with Crippen LogP contribution in [0.15, 0.2) is 12.3 Å². The van der Waals surface area contributed by atoms with E-state index in [1.807, 2.05) is 0 Å². The molecule has 0 aliphatic carbocycles. The van der Waals surface area contributed by atoms with Gasteiger partial charge in [-0.05, 0) is 0 Å². The van der Waals surface area contributed by atoms with Crippen LogP contribution in [-0.4, -0.2) is 0 Å². The number of halogens is 2. The van der Waals surface area contributed by atoms with E-state index in [4.69, 9.17) is 5.11 Å². The molecule has 0 amide bonds. The number of hydrogen-bond acceptors (Lipinski definition) is 0. The highest BCUT2D eigenvalue weighted by Crippen LogP contribution is 1.86. The van der Waals surface area contributed by atoms with Crippen molar-refractivity contribution in [3.8, 4) is 0 Å². The lowest BCUT2D eigenvalue weighted by Gasteiger charge is -1.59. The Balaban J connectivity index is 3.14. The van der Waals surface area contributed by atoms with Crippen LogP contribution in [0.5, 0.6) is 0 Å². The Labute approximate surface area is 27.5 Å². The molecular formula is C2HF2O. The summed E-state index contributed by atoms with van der Waals surface area (Å²) in [5.74, 6) is 0. The Morgan fingerprint density at radius 2 is 2.00 bits per heavy atom. The molecule has 0 N–H and O–H groups in total. The minimum absolute atomic E-state index is 0.639. The Morgan fingerprint density at radius 1 is 1.80 bits per heavy atom. The second-order valence-corrected chi connectivity index (χ2v) is 0.413. The van der Waals surface area contributed by atoms with E-state index in [9.17, 15) is 8.78 Å². The standard InChI is InChI=1S/C2HF2O/c3-1-2(4)5/h1H/b2-1-. The smallest absolute Gasteiger partial charge is 0.253 e. The molecule has 0 heterocycles. The van der Waals surface area contributed by atoms with Crippen molar-refractivity contribution < 1.29 is 13.9 Å². The molecule has 5 heavy (non-hydrogen) atoms. The third-order valence-corrected chi connectivity index (χ3v) is 0.0858. The molecule has 0 bridgehead atoms. The van der Waals surface area contributed by atoms with Crippen LogP contribution in [-0.2, 0) is 5.11 Å². The van der Waals surface area contributed by atoms with Crippen molar-refractivity contribution in [3.05, 3.63) is 12.3 Å². The molecule has 0 aliphatic rings. The lowest BCUT2D eigenvalue weighted by atomic mass is 11.1. The van der Waals surface area contributed by atoms with Gasteiger partial charge in [-0.25, -0.2) is 4.39 Å². The fraction of sp³-hybridized carbons (Fsp3) is 0. The number of rotatable bonds is 0. The highest BCUT2D eigenvalue weighted by atomic mass is 19.2. The molecule has 0 unspecified atom stereocenters. The fourth-order valence-corrected chi connectivity index (χ4v) is 0. The van der Waals surface area contributed by atoms with Gasteiger partial charge in [0, 0.05) is 0 Å². The summed E-state index contributed by atoms with van der Waals surface area (Å²) in [6.07, 6.45) is -0.639. The molecule has 0 rings (SSSR count). The monoisotopic (exact) mass is 79.0 g/mol. The zero-order chi connectivity index (χ0) is 4.28. The first-order valence-corrected chi connectivity index (χ1v) is 0.900. The quantitative estimate of drug-likeness (QED) is 0.388. The molecule has 0 aromatic rings. The van der Waals surface area contributed by atoms with Gasteiger partial charge in [0.1, 0.15) is 0 Å². The first kappa shape index (κ1) is 4.40. The van der Waals surface area contributed by atoms with Gasteiger partial charge in [0.25, 0.3) is 0 Å². The van der Waals surface area contributed by atoms with Gasteiger partial charge in [-0.3, -0.25) is 5.11 Å². The normalized spacial score (nSPS) is 12.0. The predicted octanol–water partition coefficient (Wildman–Crippen LogP) is 1.15. The van der Waals surface area contributed by atoms with Gasteiger partial charge in [-0.1, -0.05) is 0 Å². The first-order valence-electron chi connectivity index (χ1n) is 0.900. The van der Waals surface area contributed by atoms with Crippen molar-refractivity contribution in [2.45, 2.75) is 0 Å². The zero-order valence-electron chi connectivity index (χ0n) is 2.24. The molecule has 1 radical (unpaired) electrons. The third-order valence-electron chi connectivity index (χ3n) is 0.0858. The van der Waals surface area contributed by atoms with E-state index in [0.717, 1.165) is 0 Å². The molecule has 3 heteroatoms. The zero-order valence-corrected chi connectivity index (χ0v) is 2.24. The van der Waals surface area contributed by atoms with Crippen LogP contribution in [0.25, 0.3) is 0 Å². The minimum atomic E-state index is -2.04. The number of hydrogen-bond donors (Lipinski definition) is 0. The second kappa shape index (κ2) is 1.69. The topological polar surface area (TPSA) is 19.9 Å². The molecule has 0 saturated carbocycles. The second-order valence-electron chi connectivity index (χ2n) is 0.413. The molecule has 1 nitrogen and oxygen atoms in total. The van der Waals surface area contributed by atoms with Crippen LogP contribution >= 0.6 is 0 Å². The Hall–Kier alpha value is -0.600. The average molecular weight is 79.0 g/mol. The molecule has 29 valence electrons. The van der Waals surface area contributed by atoms with Crippen LogP contribution in [0.4, 0.5) is 8.78 Å². The van der Waals surface area contributed by atoms with E-state index >= 15 is 0 Å². The summed E-state index contributed by atoms with van der Waals surface area (Å²) >= 11 is 0. The van der Waals surface area contributed by atoms with Crippen molar-refractivity contribution >= 4 is 0 Å². The molecular weight excluding hydrogens is 78.0 g/mol. The van der Waals surface area contributed by atoms with Crippen molar-refractivity contribution in [2.75, 3.05) is 0 Å². The lowest BCUT2D eigenvalue weighted by molar-refractivity contribution is 0.190. The van der Waals surface area contributed by atoms with Crippen molar-refractivity contribution in [1.29, 1.82) is 0 Å². The molecule has 0 aromatic carbocycles. The van der Waals surface area contributed by atoms with Crippen LogP contribution in [0.2, 0.25) is 0 Å². The molecule has 0 saturated heterocycles. The van der Waals surface area contributed by atoms with Crippen LogP contribution in [0, 0.1) is 0 Å². The molecule has 0 spiro atoms. The van der Waals surface area contributed by atoms with Gasteiger partial charge in [0.05, 0.1) is 0 Å². The van der Waals surface area contributed by atoms with E-state index in [0.29, 0.717) is 0 Å². The van der Waals surface area contributed by atoms with Gasteiger partial charge >= 0.3 is 6.01 Å². The van der Waals surface area contributed by atoms with E-state index in [1.165, 1.54) is 0 Å². The van der Waals surface area contributed by atoms with Gasteiger partial charge < -0.3 is 0 Å². The lowest BCUT2D eigenvalue weighted by Crippen LogP contribution is -1.51. The highest BCUT2D eigenvalue weighted by molar-refractivity contribution is 4.64. The fourth-order valence-electron chi connectivity index (χ4n) is 0. The first-order chi connectivity index (χ1) is 2.27. The van der Waals surface area contributed by atoms with E-state index in [1.54, 1.807) is 0 Å². The summed E-state index contributed by atoms with van der Waals surface area (Å²) in [5, 5.41) is 8.72. The summed E-state index contributed by atoms with van der Waals surface area (Å²) in [6.45, 7) is 0. The summed E-state index contributed by atoms with van der Waals surface area (Å²) in [5.41, 5.74) is 0. The molecule has 0 aromatic heterocycles. The predicted molar refractivity (Wildman–Crippen MR) is 11.0 cm³/mol. The van der Waals surface area contributed by atoms with Crippen LogP contribution in [0.1, 0.15) is 0 Å². The summed E-state index contributed by atoms with van der Waals surface area (Å²) in [6, 6.07) is -2.04. The molecule has 0 atom stereocenters. The minimum Gasteiger partial charge on any atom is -0.253 e. The Morgan fingerprint density at radius 3 is 2.00 bits per heavy atom. The van der Waals surface area contributed by atoms with Gasteiger partial charge in [0.2, 0.25) is 0 Å². The molecule has 0 fully saturated rings. The van der Waals surface area contributed by atoms with Gasteiger partial charge in [-0.15, -0.1) is 0 Å². The highest BCUT2D eigenvalue weighted by Gasteiger charge is 1.80. The van der Waals surface area contributed by atoms with E-state index in [2.05, 4.69) is 0 Å².